The number of nitrogens with one attached hydrogen (secondary N) is 1. The number of hydrogen-bond donors (Lipinski definition) is 1. The Bertz CT molecular complexity index is 711. The van der Waals surface area contributed by atoms with Gasteiger partial charge in [-0.25, -0.2) is 21.6 Å². The van der Waals surface area contributed by atoms with Crippen molar-refractivity contribution in [3.05, 3.63) is 29.3 Å². The van der Waals surface area contributed by atoms with Crippen molar-refractivity contribution in [2.45, 2.75) is 23.8 Å². The van der Waals surface area contributed by atoms with E-state index in [1.54, 1.807) is 12.1 Å². The molecule has 1 aromatic rings. The zero-order valence-corrected chi connectivity index (χ0v) is 13.9. The number of sulfonamides is 2. The standard InChI is InChI=1S/C12H17ClN2O4S2/c1-20(16,17)14-11-5-7-15(8-6-11)21(18,19)12-4-2-3-10(13)9-12/h2-4,9,11,14H,5-8H2,1H3. The van der Waals surface area contributed by atoms with Gasteiger partial charge in [-0.3, -0.25) is 0 Å². The number of benzene rings is 1. The van der Waals surface area contributed by atoms with Crippen LogP contribution in [0.15, 0.2) is 29.2 Å². The Morgan fingerprint density at radius 1 is 1.19 bits per heavy atom. The maximum absolute atomic E-state index is 12.5. The first-order valence-electron chi connectivity index (χ1n) is 6.41. The monoisotopic (exact) mass is 352 g/mol. The second-order valence-corrected chi connectivity index (χ2v) is 9.18. The summed E-state index contributed by atoms with van der Waals surface area (Å²) in [6.07, 6.45) is 2.00. The van der Waals surface area contributed by atoms with Gasteiger partial charge in [0.05, 0.1) is 11.2 Å². The summed E-state index contributed by atoms with van der Waals surface area (Å²) < 4.78 is 51.1. The van der Waals surface area contributed by atoms with Crippen LogP contribution in [0.3, 0.4) is 0 Å². The second kappa shape index (κ2) is 6.21. The van der Waals surface area contributed by atoms with Gasteiger partial charge in [-0.2, -0.15) is 4.31 Å². The molecule has 0 spiro atoms. The van der Waals surface area contributed by atoms with Crippen LogP contribution in [-0.4, -0.2) is 46.5 Å². The molecule has 0 unspecified atom stereocenters. The molecule has 6 nitrogen and oxygen atoms in total. The summed E-state index contributed by atoms with van der Waals surface area (Å²) in [6, 6.07) is 5.90. The predicted octanol–water partition coefficient (Wildman–Crippen LogP) is 1.04. The highest BCUT2D eigenvalue weighted by Gasteiger charge is 2.30. The largest absolute Gasteiger partial charge is 0.243 e. The molecule has 1 aliphatic rings. The highest BCUT2D eigenvalue weighted by molar-refractivity contribution is 7.89. The van der Waals surface area contributed by atoms with E-state index < -0.39 is 20.0 Å². The minimum Gasteiger partial charge on any atom is -0.213 e. The van der Waals surface area contributed by atoms with Gasteiger partial charge < -0.3 is 0 Å². The molecule has 2 rings (SSSR count). The van der Waals surface area contributed by atoms with Gasteiger partial charge in [-0.15, -0.1) is 0 Å². The first-order chi connectivity index (χ1) is 9.68. The van der Waals surface area contributed by atoms with Crippen molar-refractivity contribution in [3.8, 4) is 0 Å². The smallest absolute Gasteiger partial charge is 0.213 e. The highest BCUT2D eigenvalue weighted by Crippen LogP contribution is 2.23. The van der Waals surface area contributed by atoms with Gasteiger partial charge >= 0.3 is 0 Å². The second-order valence-electron chi connectivity index (χ2n) is 5.03. The molecule has 0 amide bonds. The van der Waals surface area contributed by atoms with Crippen LogP contribution in [0.4, 0.5) is 0 Å². The fourth-order valence-electron chi connectivity index (χ4n) is 2.29. The number of hydrogen-bond acceptors (Lipinski definition) is 4. The van der Waals surface area contributed by atoms with Crippen LogP contribution < -0.4 is 4.72 Å². The molecule has 0 bridgehead atoms. The van der Waals surface area contributed by atoms with Crippen molar-refractivity contribution in [2.24, 2.45) is 0 Å². The Labute approximate surface area is 130 Å². The minimum absolute atomic E-state index is 0.157. The van der Waals surface area contributed by atoms with E-state index in [1.807, 2.05) is 0 Å². The van der Waals surface area contributed by atoms with E-state index in [9.17, 15) is 16.8 Å². The summed E-state index contributed by atoms with van der Waals surface area (Å²) in [4.78, 5) is 0.157. The predicted molar refractivity (Wildman–Crippen MR) is 81.2 cm³/mol. The van der Waals surface area contributed by atoms with Crippen molar-refractivity contribution < 1.29 is 16.8 Å². The molecule has 0 aliphatic carbocycles. The Kier molecular flexibility index (Phi) is 4.94. The molecule has 0 radical (unpaired) electrons. The van der Waals surface area contributed by atoms with Crippen LogP contribution in [0.5, 0.6) is 0 Å². The maximum atomic E-state index is 12.5. The van der Waals surface area contributed by atoms with Crippen molar-refractivity contribution in [1.82, 2.24) is 9.03 Å². The quantitative estimate of drug-likeness (QED) is 0.877. The number of nitrogens with zero attached hydrogens (tertiary/aromatic N) is 1. The fourth-order valence-corrected chi connectivity index (χ4v) is 4.91. The third kappa shape index (κ3) is 4.40. The molecule has 21 heavy (non-hydrogen) atoms. The van der Waals surface area contributed by atoms with E-state index in [0.29, 0.717) is 17.9 Å². The summed E-state index contributed by atoms with van der Waals surface area (Å²) >= 11 is 5.83. The summed E-state index contributed by atoms with van der Waals surface area (Å²) in [6.45, 7) is 0.560. The van der Waals surface area contributed by atoms with Gasteiger partial charge in [0.2, 0.25) is 20.0 Å². The lowest BCUT2D eigenvalue weighted by Crippen LogP contribution is -2.46. The summed E-state index contributed by atoms with van der Waals surface area (Å²) in [5.74, 6) is 0. The summed E-state index contributed by atoms with van der Waals surface area (Å²) in [5, 5.41) is 0.365. The van der Waals surface area contributed by atoms with Gasteiger partial charge in [-0.05, 0) is 31.0 Å². The maximum Gasteiger partial charge on any atom is 0.243 e. The summed E-state index contributed by atoms with van der Waals surface area (Å²) in [5.41, 5.74) is 0. The molecular formula is C12H17ClN2O4S2. The third-order valence-electron chi connectivity index (χ3n) is 3.27. The van der Waals surface area contributed by atoms with Gasteiger partial charge in [0.1, 0.15) is 0 Å². The van der Waals surface area contributed by atoms with E-state index in [1.165, 1.54) is 16.4 Å². The number of halogens is 1. The molecule has 0 atom stereocenters. The fraction of sp³-hybridized carbons (Fsp3) is 0.500. The Morgan fingerprint density at radius 3 is 2.33 bits per heavy atom. The SMILES string of the molecule is CS(=O)(=O)NC1CCN(S(=O)(=O)c2cccc(Cl)c2)CC1. The van der Waals surface area contributed by atoms with Crippen molar-refractivity contribution in [2.75, 3.05) is 19.3 Å². The van der Waals surface area contributed by atoms with E-state index in [4.69, 9.17) is 11.6 Å². The van der Waals surface area contributed by atoms with Crippen molar-refractivity contribution >= 4 is 31.6 Å². The third-order valence-corrected chi connectivity index (χ3v) is 6.16. The molecule has 1 heterocycles. The van der Waals surface area contributed by atoms with Crippen molar-refractivity contribution in [1.29, 1.82) is 0 Å². The van der Waals surface area contributed by atoms with Crippen molar-refractivity contribution in [3.63, 3.8) is 0 Å². The Hall–Kier alpha value is -0.670. The molecule has 1 aliphatic heterocycles. The Morgan fingerprint density at radius 2 is 1.81 bits per heavy atom. The van der Waals surface area contributed by atoms with Gasteiger partial charge in [0, 0.05) is 24.2 Å². The first kappa shape index (κ1) is 16.7. The number of rotatable bonds is 4. The lowest BCUT2D eigenvalue weighted by Gasteiger charge is -2.31. The lowest BCUT2D eigenvalue weighted by atomic mass is 10.1. The van der Waals surface area contributed by atoms with E-state index in [-0.39, 0.29) is 24.0 Å². The molecule has 1 aromatic carbocycles. The van der Waals surface area contributed by atoms with Crippen LogP contribution in [0.2, 0.25) is 5.02 Å². The molecule has 1 fully saturated rings. The first-order valence-corrected chi connectivity index (χ1v) is 10.1. The normalized spacial score (nSPS) is 18.8. The zero-order chi connectivity index (χ0) is 15.7. The number of piperidine rings is 1. The van der Waals surface area contributed by atoms with E-state index in [2.05, 4.69) is 4.72 Å². The molecule has 0 aromatic heterocycles. The molecule has 118 valence electrons. The molecular weight excluding hydrogens is 336 g/mol. The van der Waals surface area contributed by atoms with Crippen LogP contribution in [-0.2, 0) is 20.0 Å². The molecule has 1 N–H and O–H groups in total. The topological polar surface area (TPSA) is 83.6 Å². The zero-order valence-electron chi connectivity index (χ0n) is 11.5. The Balaban J connectivity index is 2.08. The van der Waals surface area contributed by atoms with Crippen LogP contribution >= 0.6 is 11.6 Å². The summed E-state index contributed by atoms with van der Waals surface area (Å²) in [7, 11) is -6.85. The molecule has 1 saturated heterocycles. The molecule has 0 saturated carbocycles. The van der Waals surface area contributed by atoms with Gasteiger partial charge in [-0.1, -0.05) is 17.7 Å². The van der Waals surface area contributed by atoms with E-state index in [0.717, 1.165) is 6.26 Å². The average molecular weight is 353 g/mol. The van der Waals surface area contributed by atoms with Crippen LogP contribution in [0.1, 0.15) is 12.8 Å². The lowest BCUT2D eigenvalue weighted by molar-refractivity contribution is 0.309. The van der Waals surface area contributed by atoms with Gasteiger partial charge in [0.25, 0.3) is 0 Å². The highest BCUT2D eigenvalue weighted by atomic mass is 35.5. The van der Waals surface area contributed by atoms with Crippen LogP contribution in [0.25, 0.3) is 0 Å². The van der Waals surface area contributed by atoms with E-state index >= 15 is 0 Å². The average Bonchev–Trinajstić information content (AvgIpc) is 2.37. The van der Waals surface area contributed by atoms with Gasteiger partial charge in [0.15, 0.2) is 0 Å². The molecule has 9 heteroatoms. The van der Waals surface area contributed by atoms with Crippen LogP contribution in [0, 0.1) is 0 Å². The minimum atomic E-state index is -3.58.